The van der Waals surface area contributed by atoms with Gasteiger partial charge in [-0.1, -0.05) is 133 Å². The third-order valence-electron chi connectivity index (χ3n) is 9.98. The molecular weight excluding hydrogens is 635 g/mol. The van der Waals surface area contributed by atoms with Crippen molar-refractivity contribution in [2.45, 2.75) is 0 Å². The number of fused-ring (bicyclic) bond motifs is 6. The lowest BCUT2D eigenvalue weighted by molar-refractivity contribution is 1.09. The van der Waals surface area contributed by atoms with Crippen LogP contribution in [0.25, 0.3) is 88.9 Å². The smallest absolute Gasteiger partial charge is 0.160 e. The highest BCUT2D eigenvalue weighted by molar-refractivity contribution is 6.11. The molecule has 0 atom stereocenters. The van der Waals surface area contributed by atoms with Crippen LogP contribution in [-0.2, 0) is 0 Å². The van der Waals surface area contributed by atoms with Crippen LogP contribution in [0.15, 0.2) is 176 Å². The number of hydrogen-bond acceptors (Lipinski definition) is 3. The fraction of sp³-hybridized carbons (Fsp3) is 0. The average molecular weight is 664 g/mol. The summed E-state index contributed by atoms with van der Waals surface area (Å²) >= 11 is 0. The van der Waals surface area contributed by atoms with Crippen LogP contribution < -0.4 is 0 Å². The van der Waals surface area contributed by atoms with Gasteiger partial charge in [0.1, 0.15) is 0 Å². The zero-order chi connectivity index (χ0) is 34.6. The fourth-order valence-electron chi connectivity index (χ4n) is 7.66. The maximum absolute atomic E-state index is 11.0. The van der Waals surface area contributed by atoms with E-state index in [0.717, 1.165) is 77.4 Å². The molecule has 0 saturated carbocycles. The van der Waals surface area contributed by atoms with E-state index >= 15 is 0 Å². The summed E-state index contributed by atoms with van der Waals surface area (Å²) in [5.74, 6) is 0.603. The van der Waals surface area contributed by atoms with Gasteiger partial charge in [0.25, 0.3) is 0 Å². The lowest BCUT2D eigenvalue weighted by Crippen LogP contribution is -2.06. The van der Waals surface area contributed by atoms with Crippen molar-refractivity contribution in [3.8, 4) is 51.3 Å². The molecule has 5 nitrogen and oxygen atoms in total. The molecule has 0 aliphatic carbocycles. The summed E-state index contributed by atoms with van der Waals surface area (Å²) in [6, 6.07) is 63.0. The van der Waals surface area contributed by atoms with E-state index in [2.05, 4.69) is 130 Å². The second-order valence-electron chi connectivity index (χ2n) is 12.9. The summed E-state index contributed by atoms with van der Waals surface area (Å²) in [6.45, 7) is 0. The van der Waals surface area contributed by atoms with Gasteiger partial charge in [0.2, 0.25) is 0 Å². The van der Waals surface area contributed by atoms with Gasteiger partial charge in [-0.15, -0.1) is 0 Å². The Bertz CT molecular complexity index is 2860. The summed E-state index contributed by atoms with van der Waals surface area (Å²) in [7, 11) is 0. The molecule has 0 N–H and O–H groups in total. The minimum Gasteiger partial charge on any atom is -0.307 e. The van der Waals surface area contributed by atoms with E-state index < -0.39 is 0 Å². The van der Waals surface area contributed by atoms with Gasteiger partial charge in [0.15, 0.2) is 5.82 Å². The van der Waals surface area contributed by atoms with Crippen molar-refractivity contribution in [3.05, 3.63) is 181 Å². The minimum atomic E-state index is 0.526. The summed E-state index contributed by atoms with van der Waals surface area (Å²) in [4.78, 5) is 10.2. The number of aromatic nitrogens is 4. The van der Waals surface area contributed by atoms with Crippen LogP contribution >= 0.6 is 0 Å². The second-order valence-corrected chi connectivity index (χ2v) is 12.9. The second kappa shape index (κ2) is 11.9. The molecule has 0 aliphatic heterocycles. The highest BCUT2D eigenvalue weighted by atomic mass is 15.1. The lowest BCUT2D eigenvalue weighted by atomic mass is 10.00. The van der Waals surface area contributed by atoms with Gasteiger partial charge in [-0.05, 0) is 42.5 Å². The zero-order valence-electron chi connectivity index (χ0n) is 28.0. The molecule has 0 saturated heterocycles. The lowest BCUT2D eigenvalue weighted by Gasteiger charge is -2.19. The van der Waals surface area contributed by atoms with Crippen molar-refractivity contribution in [3.63, 3.8) is 0 Å². The Hall–Kier alpha value is -7.29. The Labute approximate surface area is 299 Å². The topological polar surface area (TPSA) is 59.4 Å². The number of nitriles is 1. The van der Waals surface area contributed by atoms with Crippen LogP contribution in [0, 0.1) is 11.3 Å². The molecule has 0 radical (unpaired) electrons. The van der Waals surface area contributed by atoms with Gasteiger partial charge in [0, 0.05) is 38.2 Å². The van der Waals surface area contributed by atoms with Gasteiger partial charge in [-0.3, -0.25) is 0 Å². The van der Waals surface area contributed by atoms with E-state index in [1.54, 1.807) is 0 Å². The van der Waals surface area contributed by atoms with Crippen LogP contribution in [0.4, 0.5) is 0 Å². The first-order valence-corrected chi connectivity index (χ1v) is 17.3. The molecular formula is C47H29N5. The number of nitrogens with zero attached hydrogens (tertiary/aromatic N) is 5. The summed E-state index contributed by atoms with van der Waals surface area (Å²) in [5.41, 5.74) is 10.8. The predicted octanol–water partition coefficient (Wildman–Crippen LogP) is 11.5. The first-order chi connectivity index (χ1) is 25.8. The van der Waals surface area contributed by atoms with Crippen molar-refractivity contribution in [1.29, 1.82) is 5.26 Å². The first kappa shape index (κ1) is 29.6. The number of rotatable bonds is 5. The molecule has 3 heterocycles. The highest BCUT2D eigenvalue weighted by Gasteiger charge is 2.23. The molecule has 242 valence electrons. The van der Waals surface area contributed by atoms with E-state index in [4.69, 9.17) is 9.97 Å². The monoisotopic (exact) mass is 663 g/mol. The van der Waals surface area contributed by atoms with Crippen molar-refractivity contribution in [1.82, 2.24) is 19.1 Å². The molecule has 10 aromatic rings. The number of benzene rings is 7. The van der Waals surface area contributed by atoms with Crippen molar-refractivity contribution in [2.24, 2.45) is 0 Å². The number of para-hydroxylation sites is 4. The summed E-state index contributed by atoms with van der Waals surface area (Å²) in [6.07, 6.45) is 0. The molecule has 0 aliphatic rings. The van der Waals surface area contributed by atoms with Crippen molar-refractivity contribution >= 4 is 43.6 Å². The van der Waals surface area contributed by atoms with Crippen LogP contribution in [0.1, 0.15) is 5.56 Å². The van der Waals surface area contributed by atoms with Gasteiger partial charge in [0.05, 0.1) is 56.5 Å². The van der Waals surface area contributed by atoms with Gasteiger partial charge >= 0.3 is 0 Å². The minimum absolute atomic E-state index is 0.526. The quantitative estimate of drug-likeness (QED) is 0.184. The van der Waals surface area contributed by atoms with Gasteiger partial charge < -0.3 is 9.13 Å². The van der Waals surface area contributed by atoms with Crippen molar-refractivity contribution < 1.29 is 0 Å². The predicted molar refractivity (Wildman–Crippen MR) is 212 cm³/mol. The molecule has 10 rings (SSSR count). The molecule has 3 aromatic heterocycles. The fourth-order valence-corrected chi connectivity index (χ4v) is 7.66. The largest absolute Gasteiger partial charge is 0.307 e. The Morgan fingerprint density at radius 2 is 0.808 bits per heavy atom. The van der Waals surface area contributed by atoms with Crippen LogP contribution in [0.5, 0.6) is 0 Å². The summed E-state index contributed by atoms with van der Waals surface area (Å²) < 4.78 is 4.64. The Morgan fingerprint density at radius 3 is 1.29 bits per heavy atom. The third-order valence-corrected chi connectivity index (χ3v) is 9.98. The van der Waals surface area contributed by atoms with Crippen LogP contribution in [-0.4, -0.2) is 19.1 Å². The zero-order valence-corrected chi connectivity index (χ0v) is 28.0. The van der Waals surface area contributed by atoms with E-state index in [1.807, 2.05) is 60.7 Å². The standard InChI is InChI=1S/C47H29N5/c48-30-33-27-45(51-41-23-11-7-19-34(41)35-20-8-12-24-42(35)51)46(52-43-25-13-9-21-36(43)37-22-10-14-26-44(37)52)28-38(33)40-29-39(31-15-3-1-4-16-31)49-47(50-40)32-17-5-2-6-18-32/h1-29H. The van der Waals surface area contributed by atoms with Gasteiger partial charge in [-0.25, -0.2) is 9.97 Å². The first-order valence-electron chi connectivity index (χ1n) is 17.3. The molecule has 0 fully saturated rings. The maximum atomic E-state index is 11.0. The van der Waals surface area contributed by atoms with Gasteiger partial charge in [-0.2, -0.15) is 5.26 Å². The van der Waals surface area contributed by atoms with E-state index in [9.17, 15) is 5.26 Å². The maximum Gasteiger partial charge on any atom is 0.160 e. The molecule has 0 bridgehead atoms. The SMILES string of the molecule is N#Cc1cc(-n2c3ccccc3c3ccccc32)c(-n2c3ccccc3c3ccccc32)cc1-c1cc(-c2ccccc2)nc(-c2ccccc2)n1. The molecule has 5 heteroatoms. The van der Waals surface area contributed by atoms with Crippen LogP contribution in [0.3, 0.4) is 0 Å². The highest BCUT2D eigenvalue weighted by Crippen LogP contribution is 2.41. The Kier molecular flexibility index (Phi) is 6.80. The van der Waals surface area contributed by atoms with E-state index in [1.165, 1.54) is 0 Å². The molecule has 0 amide bonds. The third kappa shape index (κ3) is 4.63. The Morgan fingerprint density at radius 1 is 0.404 bits per heavy atom. The van der Waals surface area contributed by atoms with E-state index in [0.29, 0.717) is 17.1 Å². The average Bonchev–Trinajstić information content (AvgIpc) is 3.74. The molecule has 0 spiro atoms. The normalized spacial score (nSPS) is 11.4. The molecule has 52 heavy (non-hydrogen) atoms. The molecule has 7 aromatic carbocycles. The Balaban J connectivity index is 1.35. The van der Waals surface area contributed by atoms with E-state index in [-0.39, 0.29) is 0 Å². The van der Waals surface area contributed by atoms with Crippen molar-refractivity contribution in [2.75, 3.05) is 0 Å². The molecule has 0 unspecified atom stereocenters. The van der Waals surface area contributed by atoms with Crippen LogP contribution in [0.2, 0.25) is 0 Å². The summed E-state index contributed by atoms with van der Waals surface area (Å²) in [5, 5.41) is 15.6. The number of hydrogen-bond donors (Lipinski definition) is 0.